The van der Waals surface area contributed by atoms with Gasteiger partial charge in [0.1, 0.15) is 0 Å². The summed E-state index contributed by atoms with van der Waals surface area (Å²) >= 11 is 1.64. The van der Waals surface area contributed by atoms with Gasteiger partial charge in [0.15, 0.2) is 5.82 Å². The van der Waals surface area contributed by atoms with Crippen molar-refractivity contribution in [1.29, 1.82) is 0 Å². The van der Waals surface area contributed by atoms with E-state index >= 15 is 0 Å². The van der Waals surface area contributed by atoms with Crippen LogP contribution in [-0.2, 0) is 17.6 Å². The number of thiazole rings is 1. The van der Waals surface area contributed by atoms with Gasteiger partial charge in [-0.1, -0.05) is 5.16 Å². The zero-order valence-electron chi connectivity index (χ0n) is 12.2. The third kappa shape index (κ3) is 4.33. The second-order valence-corrected chi connectivity index (χ2v) is 6.27. The molecule has 0 saturated carbocycles. The van der Waals surface area contributed by atoms with Crippen molar-refractivity contribution in [3.63, 3.8) is 0 Å². The Morgan fingerprint density at radius 3 is 3.00 bits per heavy atom. The Kier molecular flexibility index (Phi) is 4.95. The number of nitrogens with zero attached hydrogens (tertiary/aromatic N) is 3. The number of hydrogen-bond acceptors (Lipinski definition) is 7. The van der Waals surface area contributed by atoms with Crippen molar-refractivity contribution in [1.82, 2.24) is 20.4 Å². The Morgan fingerprint density at radius 2 is 2.24 bits per heavy atom. The molecule has 1 aliphatic rings. The molecule has 7 heteroatoms. The largest absolute Gasteiger partial charge is 0.378 e. The number of nitrogens with one attached hydrogen (secondary N) is 1. The van der Waals surface area contributed by atoms with Gasteiger partial charge in [-0.25, -0.2) is 4.98 Å². The normalized spacial score (nSPS) is 16.4. The highest BCUT2D eigenvalue weighted by Gasteiger charge is 2.14. The fourth-order valence-corrected chi connectivity index (χ4v) is 3.00. The average Bonchev–Trinajstić information content (AvgIpc) is 3.10. The summed E-state index contributed by atoms with van der Waals surface area (Å²) in [5, 5.41) is 10.4. The van der Waals surface area contributed by atoms with Crippen LogP contribution in [0.25, 0.3) is 0 Å². The van der Waals surface area contributed by atoms with Crippen molar-refractivity contribution in [2.45, 2.75) is 38.7 Å². The third-order valence-electron chi connectivity index (χ3n) is 3.47. The molecule has 1 aliphatic heterocycles. The van der Waals surface area contributed by atoms with E-state index in [-0.39, 0.29) is 0 Å². The van der Waals surface area contributed by atoms with E-state index < -0.39 is 0 Å². The number of aryl methyl sites for hydroxylation is 1. The van der Waals surface area contributed by atoms with Gasteiger partial charge in [0, 0.05) is 5.38 Å². The molecular formula is C14H20N4O2S. The summed E-state index contributed by atoms with van der Waals surface area (Å²) in [4.78, 5) is 8.80. The predicted octanol–water partition coefficient (Wildman–Crippen LogP) is 1.74. The first-order valence-electron chi connectivity index (χ1n) is 7.34. The molecule has 6 nitrogen and oxygen atoms in total. The van der Waals surface area contributed by atoms with Crippen molar-refractivity contribution >= 4 is 11.3 Å². The van der Waals surface area contributed by atoms with Crippen molar-refractivity contribution < 1.29 is 9.26 Å². The van der Waals surface area contributed by atoms with Crippen molar-refractivity contribution in [2.75, 3.05) is 19.7 Å². The van der Waals surface area contributed by atoms with E-state index in [4.69, 9.17) is 9.26 Å². The second kappa shape index (κ2) is 7.11. The van der Waals surface area contributed by atoms with Crippen LogP contribution in [0.5, 0.6) is 0 Å². The fourth-order valence-electron chi connectivity index (χ4n) is 2.39. The first kappa shape index (κ1) is 14.6. The van der Waals surface area contributed by atoms with E-state index in [0.29, 0.717) is 37.3 Å². The molecule has 0 spiro atoms. The molecule has 3 heterocycles. The van der Waals surface area contributed by atoms with Gasteiger partial charge in [0.05, 0.1) is 36.3 Å². The van der Waals surface area contributed by atoms with E-state index in [0.717, 1.165) is 36.6 Å². The van der Waals surface area contributed by atoms with Crippen LogP contribution in [0.2, 0.25) is 0 Å². The Labute approximate surface area is 127 Å². The topological polar surface area (TPSA) is 73.1 Å². The molecule has 114 valence electrons. The number of hydrogen-bond donors (Lipinski definition) is 1. The molecule has 21 heavy (non-hydrogen) atoms. The van der Waals surface area contributed by atoms with E-state index in [9.17, 15) is 0 Å². The van der Waals surface area contributed by atoms with Crippen molar-refractivity contribution in [2.24, 2.45) is 0 Å². The van der Waals surface area contributed by atoms with Gasteiger partial charge >= 0.3 is 0 Å². The zero-order valence-corrected chi connectivity index (χ0v) is 13.0. The van der Waals surface area contributed by atoms with E-state index in [1.54, 1.807) is 11.3 Å². The molecule has 0 atom stereocenters. The minimum atomic E-state index is 0.367. The molecule has 1 N–H and O–H groups in total. The second-order valence-electron chi connectivity index (χ2n) is 5.21. The zero-order chi connectivity index (χ0) is 14.5. The Hall–Kier alpha value is -1.31. The summed E-state index contributed by atoms with van der Waals surface area (Å²) in [6.07, 6.45) is 3.83. The number of piperidine rings is 1. The lowest BCUT2D eigenvalue weighted by Crippen LogP contribution is -2.32. The van der Waals surface area contributed by atoms with Crippen LogP contribution in [0.15, 0.2) is 9.90 Å². The Balaban J connectivity index is 1.44. The lowest BCUT2D eigenvalue weighted by Gasteiger charge is -2.22. The minimum absolute atomic E-state index is 0.367. The highest BCUT2D eigenvalue weighted by Crippen LogP contribution is 2.12. The SMILES string of the molecule is Cc1nc(Cc2noc(CCOC3CCNCC3)n2)cs1. The Morgan fingerprint density at radius 1 is 1.38 bits per heavy atom. The summed E-state index contributed by atoms with van der Waals surface area (Å²) in [5.41, 5.74) is 0.996. The molecule has 0 aliphatic carbocycles. The molecular weight excluding hydrogens is 288 g/mol. The van der Waals surface area contributed by atoms with Gasteiger partial charge in [0.25, 0.3) is 0 Å². The third-order valence-corrected chi connectivity index (χ3v) is 4.29. The predicted molar refractivity (Wildman–Crippen MR) is 79.5 cm³/mol. The van der Waals surface area contributed by atoms with Crippen LogP contribution >= 0.6 is 11.3 Å². The van der Waals surface area contributed by atoms with Gasteiger partial charge in [-0.3, -0.25) is 0 Å². The molecule has 0 radical (unpaired) electrons. The van der Waals surface area contributed by atoms with Crippen LogP contribution in [0.1, 0.15) is 35.3 Å². The summed E-state index contributed by atoms with van der Waals surface area (Å²) in [6, 6.07) is 0. The first-order chi connectivity index (χ1) is 10.3. The van der Waals surface area contributed by atoms with Gasteiger partial charge in [-0.15, -0.1) is 11.3 Å². The first-order valence-corrected chi connectivity index (χ1v) is 8.22. The summed E-state index contributed by atoms with van der Waals surface area (Å²) < 4.78 is 11.1. The molecule has 1 fully saturated rings. The molecule has 0 amide bonds. The van der Waals surface area contributed by atoms with Crippen LogP contribution in [0, 0.1) is 6.92 Å². The molecule has 2 aromatic rings. The summed E-state index contributed by atoms with van der Waals surface area (Å²) in [6.45, 7) is 4.72. The maximum Gasteiger partial charge on any atom is 0.228 e. The lowest BCUT2D eigenvalue weighted by atomic mass is 10.1. The Bertz CT molecular complexity index is 563. The molecule has 3 rings (SSSR count). The maximum absolute atomic E-state index is 5.84. The maximum atomic E-state index is 5.84. The minimum Gasteiger partial charge on any atom is -0.378 e. The molecule has 0 aromatic carbocycles. The monoisotopic (exact) mass is 308 g/mol. The lowest BCUT2D eigenvalue weighted by molar-refractivity contribution is 0.0322. The van der Waals surface area contributed by atoms with Gasteiger partial charge in [-0.2, -0.15) is 4.98 Å². The van der Waals surface area contributed by atoms with Gasteiger partial charge in [-0.05, 0) is 32.9 Å². The van der Waals surface area contributed by atoms with E-state index in [2.05, 4.69) is 20.4 Å². The molecule has 0 unspecified atom stereocenters. The average molecular weight is 308 g/mol. The van der Waals surface area contributed by atoms with Crippen LogP contribution in [0.4, 0.5) is 0 Å². The van der Waals surface area contributed by atoms with E-state index in [1.807, 2.05) is 12.3 Å². The standard InChI is InChI=1S/C14H20N4O2S/c1-10-16-11(9-21-10)8-13-17-14(20-18-13)4-7-19-12-2-5-15-6-3-12/h9,12,15H,2-8H2,1H3. The smallest absolute Gasteiger partial charge is 0.228 e. The quantitative estimate of drug-likeness (QED) is 0.876. The summed E-state index contributed by atoms with van der Waals surface area (Å²) in [5.74, 6) is 1.34. The number of rotatable bonds is 6. The van der Waals surface area contributed by atoms with Crippen molar-refractivity contribution in [3.05, 3.63) is 27.8 Å². The molecule has 0 bridgehead atoms. The van der Waals surface area contributed by atoms with Crippen LogP contribution in [0.3, 0.4) is 0 Å². The van der Waals surface area contributed by atoms with Crippen molar-refractivity contribution in [3.8, 4) is 0 Å². The van der Waals surface area contributed by atoms with Gasteiger partial charge < -0.3 is 14.6 Å². The molecule has 2 aromatic heterocycles. The highest BCUT2D eigenvalue weighted by molar-refractivity contribution is 7.09. The number of aromatic nitrogens is 3. The highest BCUT2D eigenvalue weighted by atomic mass is 32.1. The van der Waals surface area contributed by atoms with Gasteiger partial charge in [0.2, 0.25) is 5.89 Å². The fraction of sp³-hybridized carbons (Fsp3) is 0.643. The van der Waals surface area contributed by atoms with E-state index in [1.165, 1.54) is 0 Å². The van der Waals surface area contributed by atoms with Crippen LogP contribution in [-0.4, -0.2) is 40.9 Å². The number of ether oxygens (including phenoxy) is 1. The van der Waals surface area contributed by atoms with Crippen LogP contribution < -0.4 is 5.32 Å². The molecule has 1 saturated heterocycles. The summed E-state index contributed by atoms with van der Waals surface area (Å²) in [7, 11) is 0.